The van der Waals surface area contributed by atoms with E-state index in [1.807, 2.05) is 57.2 Å². The molecule has 7 nitrogen and oxygen atoms in total. The van der Waals surface area contributed by atoms with E-state index >= 15 is 0 Å². The van der Waals surface area contributed by atoms with Gasteiger partial charge in [0.25, 0.3) is 5.56 Å². The molecule has 1 N–H and O–H groups in total. The maximum atomic E-state index is 13.4. The highest BCUT2D eigenvalue weighted by atomic mass is 16.5. The molecule has 1 aliphatic heterocycles. The van der Waals surface area contributed by atoms with Gasteiger partial charge < -0.3 is 10.1 Å². The van der Waals surface area contributed by atoms with Crippen molar-refractivity contribution in [2.24, 2.45) is 0 Å². The minimum absolute atomic E-state index is 0.0545. The van der Waals surface area contributed by atoms with Gasteiger partial charge in [-0.15, -0.1) is 0 Å². The lowest BCUT2D eigenvalue weighted by molar-refractivity contribution is 0.0208. The van der Waals surface area contributed by atoms with Crippen LogP contribution in [0.1, 0.15) is 18.2 Å². The maximum Gasteiger partial charge on any atom is 0.260 e. The number of rotatable bonds is 5. The molecule has 1 aliphatic rings. The molecule has 0 spiro atoms. The molecule has 0 amide bonds. The van der Waals surface area contributed by atoms with Crippen molar-refractivity contribution in [2.75, 3.05) is 18.5 Å². The molecule has 0 radical (unpaired) electrons. The molecule has 3 aromatic heterocycles. The van der Waals surface area contributed by atoms with Crippen LogP contribution in [0.25, 0.3) is 33.4 Å². The van der Waals surface area contributed by atoms with Gasteiger partial charge in [0.1, 0.15) is 5.65 Å². The van der Waals surface area contributed by atoms with E-state index in [2.05, 4.69) is 26.3 Å². The molecule has 7 heteroatoms. The van der Waals surface area contributed by atoms with E-state index < -0.39 is 0 Å². The number of fused-ring (bicyclic) bond motifs is 1. The lowest BCUT2D eigenvalue weighted by atomic mass is 9.97. The standard InChI is InChI=1S/C25H25N5O2/c1-4-30-23-18(12-26-25(29-23)28-19-13-32-14-19)11-21(24(30)31)20-9-8-17(10-15(20)2)22-7-5-6-16(3)27-22/h5-12,19H,4,13-14H2,1-3H3,(H,26,28,29). The number of pyridine rings is 2. The number of nitrogens with one attached hydrogen (secondary N) is 1. The number of anilines is 1. The summed E-state index contributed by atoms with van der Waals surface area (Å²) in [6.07, 6.45) is 1.78. The van der Waals surface area contributed by atoms with Crippen LogP contribution in [0.3, 0.4) is 0 Å². The van der Waals surface area contributed by atoms with Gasteiger partial charge in [0.05, 0.1) is 24.9 Å². The number of ether oxygens (including phenoxy) is 1. The molecule has 162 valence electrons. The Hall–Kier alpha value is -3.58. The Morgan fingerprint density at radius 2 is 1.94 bits per heavy atom. The van der Waals surface area contributed by atoms with Gasteiger partial charge in [-0.05, 0) is 56.2 Å². The summed E-state index contributed by atoms with van der Waals surface area (Å²) in [7, 11) is 0. The second-order valence-electron chi connectivity index (χ2n) is 8.15. The summed E-state index contributed by atoms with van der Waals surface area (Å²) in [4.78, 5) is 27.1. The fraction of sp³-hybridized carbons (Fsp3) is 0.280. The Bertz CT molecular complexity index is 1370. The summed E-state index contributed by atoms with van der Waals surface area (Å²) < 4.78 is 6.91. The van der Waals surface area contributed by atoms with Gasteiger partial charge in [-0.1, -0.05) is 18.2 Å². The van der Waals surface area contributed by atoms with Gasteiger partial charge in [-0.25, -0.2) is 4.98 Å². The van der Waals surface area contributed by atoms with Gasteiger partial charge in [-0.2, -0.15) is 4.98 Å². The smallest absolute Gasteiger partial charge is 0.260 e. The summed E-state index contributed by atoms with van der Waals surface area (Å²) >= 11 is 0. The van der Waals surface area contributed by atoms with Crippen molar-refractivity contribution in [3.63, 3.8) is 0 Å². The monoisotopic (exact) mass is 427 g/mol. The van der Waals surface area contributed by atoms with Gasteiger partial charge >= 0.3 is 0 Å². The fourth-order valence-electron chi connectivity index (χ4n) is 4.05. The van der Waals surface area contributed by atoms with Crippen LogP contribution in [0.15, 0.2) is 53.5 Å². The summed E-state index contributed by atoms with van der Waals surface area (Å²) in [6, 6.07) is 14.2. The van der Waals surface area contributed by atoms with Gasteiger partial charge in [0.2, 0.25) is 5.95 Å². The highest BCUT2D eigenvalue weighted by Crippen LogP contribution is 2.28. The number of aromatic nitrogens is 4. The molecule has 0 aliphatic carbocycles. The molecular weight excluding hydrogens is 402 g/mol. The molecule has 0 bridgehead atoms. The van der Waals surface area contributed by atoms with Crippen molar-refractivity contribution in [3.8, 4) is 22.4 Å². The predicted octanol–water partition coefficient (Wildman–Crippen LogP) is 3.97. The molecule has 0 saturated carbocycles. The van der Waals surface area contributed by atoms with Gasteiger partial charge in [0, 0.05) is 34.9 Å². The number of hydrogen-bond donors (Lipinski definition) is 1. The highest BCUT2D eigenvalue weighted by Gasteiger charge is 2.20. The van der Waals surface area contributed by atoms with E-state index in [1.165, 1.54) is 0 Å². The van der Waals surface area contributed by atoms with Crippen molar-refractivity contribution in [3.05, 3.63) is 70.3 Å². The normalized spacial score (nSPS) is 13.8. The van der Waals surface area contributed by atoms with E-state index in [1.54, 1.807) is 10.8 Å². The summed E-state index contributed by atoms with van der Waals surface area (Å²) in [6.45, 7) is 7.78. The average molecular weight is 428 g/mol. The highest BCUT2D eigenvalue weighted by molar-refractivity contribution is 5.83. The molecule has 4 aromatic rings. The van der Waals surface area contributed by atoms with E-state index in [4.69, 9.17) is 4.74 Å². The minimum atomic E-state index is -0.0545. The lowest BCUT2D eigenvalue weighted by Gasteiger charge is -2.26. The maximum absolute atomic E-state index is 13.4. The van der Waals surface area contributed by atoms with E-state index in [0.29, 0.717) is 36.9 Å². The third-order valence-corrected chi connectivity index (χ3v) is 5.82. The van der Waals surface area contributed by atoms with Crippen LogP contribution in [0.5, 0.6) is 0 Å². The van der Waals surface area contributed by atoms with Crippen LogP contribution in [0.2, 0.25) is 0 Å². The van der Waals surface area contributed by atoms with Crippen LogP contribution in [-0.2, 0) is 11.3 Å². The molecule has 4 heterocycles. The Morgan fingerprint density at radius 3 is 2.62 bits per heavy atom. The largest absolute Gasteiger partial charge is 0.377 e. The number of nitrogens with zero attached hydrogens (tertiary/aromatic N) is 4. The Balaban J connectivity index is 1.58. The van der Waals surface area contributed by atoms with E-state index in [-0.39, 0.29) is 11.6 Å². The molecule has 32 heavy (non-hydrogen) atoms. The van der Waals surface area contributed by atoms with Crippen LogP contribution >= 0.6 is 0 Å². The summed E-state index contributed by atoms with van der Waals surface area (Å²) in [5.74, 6) is 0.520. The Morgan fingerprint density at radius 1 is 1.09 bits per heavy atom. The molecule has 1 fully saturated rings. The first-order chi connectivity index (χ1) is 15.5. The first-order valence-corrected chi connectivity index (χ1v) is 10.8. The van der Waals surface area contributed by atoms with E-state index in [0.717, 1.165) is 33.5 Å². The third-order valence-electron chi connectivity index (χ3n) is 5.82. The average Bonchev–Trinajstić information content (AvgIpc) is 2.76. The van der Waals surface area contributed by atoms with Crippen molar-refractivity contribution in [2.45, 2.75) is 33.4 Å². The zero-order valence-electron chi connectivity index (χ0n) is 18.4. The van der Waals surface area contributed by atoms with Gasteiger partial charge in [-0.3, -0.25) is 14.3 Å². The number of hydrogen-bond acceptors (Lipinski definition) is 6. The minimum Gasteiger partial charge on any atom is -0.377 e. The molecule has 1 saturated heterocycles. The molecule has 1 aromatic carbocycles. The quantitative estimate of drug-likeness (QED) is 0.519. The molecular formula is C25H25N5O2. The van der Waals surface area contributed by atoms with Crippen LogP contribution < -0.4 is 10.9 Å². The fourth-order valence-corrected chi connectivity index (χ4v) is 4.05. The Kier molecular flexibility index (Phi) is 5.19. The first-order valence-electron chi connectivity index (χ1n) is 10.8. The third kappa shape index (κ3) is 3.65. The SMILES string of the molecule is CCn1c(=O)c(-c2ccc(-c3cccc(C)n3)cc2C)cc2cnc(NC3COC3)nc21. The van der Waals surface area contributed by atoms with Crippen molar-refractivity contribution in [1.29, 1.82) is 0 Å². The summed E-state index contributed by atoms with van der Waals surface area (Å²) in [5, 5.41) is 4.09. The molecule has 0 unspecified atom stereocenters. The summed E-state index contributed by atoms with van der Waals surface area (Å²) in [5.41, 5.74) is 6.09. The van der Waals surface area contributed by atoms with Crippen LogP contribution in [0.4, 0.5) is 5.95 Å². The molecule has 0 atom stereocenters. The first kappa shape index (κ1) is 20.3. The van der Waals surface area contributed by atoms with Crippen molar-refractivity contribution < 1.29 is 4.74 Å². The number of aryl methyl sites for hydroxylation is 3. The lowest BCUT2D eigenvalue weighted by Crippen LogP contribution is -2.40. The second-order valence-corrected chi connectivity index (χ2v) is 8.15. The molecule has 5 rings (SSSR count). The second kappa shape index (κ2) is 8.16. The Labute approximate surface area is 186 Å². The number of benzene rings is 1. The van der Waals surface area contributed by atoms with Crippen LogP contribution in [0, 0.1) is 13.8 Å². The zero-order chi connectivity index (χ0) is 22.2. The van der Waals surface area contributed by atoms with Crippen molar-refractivity contribution in [1.82, 2.24) is 19.5 Å². The zero-order valence-corrected chi connectivity index (χ0v) is 18.4. The van der Waals surface area contributed by atoms with Gasteiger partial charge in [0.15, 0.2) is 0 Å². The topological polar surface area (TPSA) is 81.9 Å². The van der Waals surface area contributed by atoms with Crippen molar-refractivity contribution >= 4 is 17.0 Å². The van der Waals surface area contributed by atoms with Crippen LogP contribution in [-0.4, -0.2) is 38.8 Å². The van der Waals surface area contributed by atoms with E-state index in [9.17, 15) is 4.79 Å². The predicted molar refractivity (Wildman–Crippen MR) is 126 cm³/mol.